The van der Waals surface area contributed by atoms with Gasteiger partial charge in [0.15, 0.2) is 0 Å². The second-order valence-electron chi connectivity index (χ2n) is 12.1. The molecule has 1 heterocycles. The number of hydrogen-bond acceptors (Lipinski definition) is 4. The van der Waals surface area contributed by atoms with Gasteiger partial charge < -0.3 is 0 Å². The molecule has 1 spiro atoms. The number of hydrogen-bond donors (Lipinski definition) is 1. The summed E-state index contributed by atoms with van der Waals surface area (Å²) in [6, 6.07) is -2.16. The largest absolute Gasteiger partial charge is 0.503 e. The molecule has 7 heteroatoms. The maximum atomic E-state index is 12.2. The fraction of sp³-hybridized carbons (Fsp3) is 0.808. The Hall–Kier alpha value is -2.41. The van der Waals surface area contributed by atoms with Gasteiger partial charge in [-0.15, -0.1) is 0 Å². The topological polar surface area (TPSA) is 86.8 Å². The highest BCUT2D eigenvalue weighted by Gasteiger charge is 2.73. The van der Waals surface area contributed by atoms with Gasteiger partial charge in [0, 0.05) is 17.5 Å². The molecular formula is C26H39N4O3+. The molecule has 0 bridgehead atoms. The summed E-state index contributed by atoms with van der Waals surface area (Å²) < 4.78 is 0.229. The molecule has 1 aliphatic heterocycles. The van der Waals surface area contributed by atoms with Crippen LogP contribution in [0.2, 0.25) is 0 Å². The monoisotopic (exact) mass is 455 g/mol. The Morgan fingerprint density at radius 3 is 1.48 bits per heavy atom. The SMILES string of the molecule is CC(C)(C)C1CCC(=O)CC1.[C-]#[N+]C1C(=O)[N+](=N)C(=O)C([N+]#[C-])C12CCC(C(C)(C)C)CC2. The third-order valence-corrected chi connectivity index (χ3v) is 8.17. The van der Waals surface area contributed by atoms with E-state index in [1.165, 1.54) is 0 Å². The summed E-state index contributed by atoms with van der Waals surface area (Å²) >= 11 is 0. The summed E-state index contributed by atoms with van der Waals surface area (Å²) in [5.41, 5.74) is 7.17. The maximum absolute atomic E-state index is 12.2. The minimum atomic E-state index is -1.08. The summed E-state index contributed by atoms with van der Waals surface area (Å²) in [6.45, 7) is 28.0. The zero-order valence-electron chi connectivity index (χ0n) is 21.0. The van der Waals surface area contributed by atoms with Gasteiger partial charge in [-0.1, -0.05) is 41.5 Å². The van der Waals surface area contributed by atoms with Crippen LogP contribution in [0.25, 0.3) is 9.69 Å². The number of piperidine rings is 1. The number of rotatable bonds is 0. The standard InChI is InChI=1S/C16H21N4O2.C10H18O/c1-15(2,3)10-6-8-16(9-7-10)11(18-4)13(21)20(17)14(22)12(16)19-5;1-10(2,3)8-4-6-9(11)7-5-8/h10-12,17H,6-9H2,1-3H3;8H,4-7H2,1-3H3/q+1;. The van der Waals surface area contributed by atoms with Crippen LogP contribution in [0.4, 0.5) is 0 Å². The molecule has 2 amide bonds. The molecule has 0 aromatic carbocycles. The van der Waals surface area contributed by atoms with Crippen molar-refractivity contribution in [2.75, 3.05) is 0 Å². The highest BCUT2D eigenvalue weighted by Crippen LogP contribution is 2.52. The van der Waals surface area contributed by atoms with Crippen LogP contribution in [0, 0.1) is 46.8 Å². The van der Waals surface area contributed by atoms with Gasteiger partial charge in [-0.2, -0.15) is 0 Å². The first-order chi connectivity index (χ1) is 15.2. The maximum Gasteiger partial charge on any atom is 0.503 e. The number of amides is 2. The van der Waals surface area contributed by atoms with E-state index in [1.807, 2.05) is 0 Å². The number of imide groups is 1. The molecule has 2 atom stereocenters. The zero-order valence-corrected chi connectivity index (χ0v) is 21.0. The van der Waals surface area contributed by atoms with Crippen molar-refractivity contribution in [2.24, 2.45) is 28.1 Å². The van der Waals surface area contributed by atoms with Crippen LogP contribution in [-0.4, -0.2) is 34.4 Å². The van der Waals surface area contributed by atoms with E-state index in [1.54, 1.807) is 0 Å². The number of nitrogens with one attached hydrogen (secondary N) is 1. The van der Waals surface area contributed by atoms with E-state index >= 15 is 0 Å². The van der Waals surface area contributed by atoms with E-state index in [0.717, 1.165) is 44.4 Å². The Morgan fingerprint density at radius 2 is 1.15 bits per heavy atom. The Morgan fingerprint density at radius 1 is 0.788 bits per heavy atom. The number of carbonyl (C=O) groups is 3. The predicted octanol–water partition coefficient (Wildman–Crippen LogP) is 5.69. The smallest absolute Gasteiger partial charge is 0.300 e. The Labute approximate surface area is 198 Å². The molecule has 1 N–H and O–H groups in total. The molecule has 1 saturated heterocycles. The lowest BCUT2D eigenvalue weighted by molar-refractivity contribution is -0.472. The Balaban J connectivity index is 0.000000294. The van der Waals surface area contributed by atoms with Crippen molar-refractivity contribution in [3.63, 3.8) is 0 Å². The number of ketones is 1. The second-order valence-corrected chi connectivity index (χ2v) is 12.1. The van der Waals surface area contributed by atoms with E-state index in [0.29, 0.717) is 30.0 Å². The summed E-state index contributed by atoms with van der Waals surface area (Å²) in [7, 11) is 0. The molecule has 33 heavy (non-hydrogen) atoms. The lowest BCUT2D eigenvalue weighted by atomic mass is 9.57. The fourth-order valence-electron chi connectivity index (χ4n) is 5.74. The minimum Gasteiger partial charge on any atom is -0.300 e. The normalized spacial score (nSPS) is 31.5. The van der Waals surface area contributed by atoms with E-state index < -0.39 is 29.3 Å². The van der Waals surface area contributed by atoms with Gasteiger partial charge in [0.05, 0.1) is 0 Å². The van der Waals surface area contributed by atoms with Crippen molar-refractivity contribution in [3.05, 3.63) is 22.8 Å². The molecule has 0 aromatic rings. The van der Waals surface area contributed by atoms with Gasteiger partial charge >= 0.3 is 23.9 Å². The molecule has 3 aliphatic rings. The van der Waals surface area contributed by atoms with Crippen molar-refractivity contribution in [1.29, 1.82) is 5.53 Å². The van der Waals surface area contributed by atoms with E-state index in [9.17, 15) is 14.4 Å². The molecule has 3 fully saturated rings. The average Bonchev–Trinajstić information content (AvgIpc) is 2.73. The Bertz CT molecular complexity index is 838. The fourth-order valence-corrected chi connectivity index (χ4v) is 5.74. The van der Waals surface area contributed by atoms with Crippen molar-refractivity contribution < 1.29 is 19.1 Å². The van der Waals surface area contributed by atoms with Crippen LogP contribution in [0.1, 0.15) is 92.9 Å². The molecule has 7 nitrogen and oxygen atoms in total. The Kier molecular flexibility index (Phi) is 8.00. The van der Waals surface area contributed by atoms with Crippen LogP contribution >= 0.6 is 0 Å². The van der Waals surface area contributed by atoms with Crippen LogP contribution < -0.4 is 0 Å². The third kappa shape index (κ3) is 5.57. The predicted molar refractivity (Wildman–Crippen MR) is 124 cm³/mol. The zero-order chi connectivity index (χ0) is 25.2. The first-order valence-electron chi connectivity index (χ1n) is 12.0. The van der Waals surface area contributed by atoms with E-state index in [4.69, 9.17) is 18.7 Å². The molecule has 2 unspecified atom stereocenters. The van der Waals surface area contributed by atoms with Gasteiger partial charge in [0.2, 0.25) is 0 Å². The highest BCUT2D eigenvalue weighted by molar-refractivity contribution is 5.94. The number of nitrogens with zero attached hydrogens (tertiary/aromatic N) is 3. The van der Waals surface area contributed by atoms with Crippen molar-refractivity contribution in [1.82, 2.24) is 0 Å². The molecule has 2 aliphatic carbocycles. The second kappa shape index (κ2) is 9.84. The van der Waals surface area contributed by atoms with Gasteiger partial charge in [-0.25, -0.2) is 22.7 Å². The van der Waals surface area contributed by atoms with Crippen molar-refractivity contribution in [2.45, 2.75) is 105 Å². The van der Waals surface area contributed by atoms with Gasteiger partial charge in [-0.05, 0) is 66.7 Å². The lowest BCUT2D eigenvalue weighted by Gasteiger charge is -2.42. The number of carbonyl (C=O) groups excluding carboxylic acids is 3. The number of Topliss-reactive ketones (excluding diaryl/α,β-unsaturated/α-hetero) is 1. The van der Waals surface area contributed by atoms with Crippen molar-refractivity contribution in [3.8, 4) is 0 Å². The molecule has 0 radical (unpaired) electrons. The highest BCUT2D eigenvalue weighted by atomic mass is 16.2. The van der Waals surface area contributed by atoms with E-state index in [-0.39, 0.29) is 10.1 Å². The average molecular weight is 456 g/mol. The third-order valence-electron chi connectivity index (χ3n) is 8.17. The minimum absolute atomic E-state index is 0.132. The molecule has 180 valence electrons. The summed E-state index contributed by atoms with van der Waals surface area (Å²) in [5.74, 6) is 0.143. The first kappa shape index (κ1) is 26.8. The van der Waals surface area contributed by atoms with Gasteiger partial charge in [0.25, 0.3) is 0 Å². The van der Waals surface area contributed by atoms with Crippen LogP contribution in [0.3, 0.4) is 0 Å². The quantitative estimate of drug-likeness (QED) is 0.289. The van der Waals surface area contributed by atoms with Gasteiger partial charge in [-0.3, -0.25) is 14.5 Å². The molecule has 2 saturated carbocycles. The van der Waals surface area contributed by atoms with Crippen molar-refractivity contribution >= 4 is 17.6 Å². The van der Waals surface area contributed by atoms with Crippen LogP contribution in [0.5, 0.6) is 0 Å². The van der Waals surface area contributed by atoms with Gasteiger partial charge in [0.1, 0.15) is 11.2 Å². The summed E-state index contributed by atoms with van der Waals surface area (Å²) in [4.78, 5) is 42.1. The summed E-state index contributed by atoms with van der Waals surface area (Å²) in [5, 5.41) is 0. The van der Waals surface area contributed by atoms with Crippen LogP contribution in [0.15, 0.2) is 0 Å². The molecule has 3 rings (SSSR count). The van der Waals surface area contributed by atoms with Crippen LogP contribution in [-0.2, 0) is 14.4 Å². The lowest BCUT2D eigenvalue weighted by Crippen LogP contribution is -2.61. The first-order valence-corrected chi connectivity index (χ1v) is 12.0. The molecule has 0 aromatic heterocycles. The van der Waals surface area contributed by atoms with E-state index in [2.05, 4.69) is 51.2 Å². The molecular weight excluding hydrogens is 416 g/mol. The summed E-state index contributed by atoms with van der Waals surface area (Å²) in [6.07, 6.45) is 6.54.